The summed E-state index contributed by atoms with van der Waals surface area (Å²) in [5.74, 6) is 1.67. The summed E-state index contributed by atoms with van der Waals surface area (Å²) >= 11 is 0. The normalized spacial score (nSPS) is 11.6. The number of nitrogens with zero attached hydrogens (tertiary/aromatic N) is 4. The Morgan fingerprint density at radius 1 is 1.42 bits per heavy atom. The minimum Gasteiger partial charge on any atom is -0.385 e. The Kier molecular flexibility index (Phi) is 7.57. The fourth-order valence-corrected chi connectivity index (χ4v) is 1.58. The standard InChI is InChI=1S/C12H24N6O/c1-4-13-12(14-7-6-8-19-3)15-9-11-17-16-10-18(11)5-2/h10H,4-9H2,1-3H3,(H2,13,14,15). The van der Waals surface area contributed by atoms with E-state index in [1.807, 2.05) is 11.5 Å². The highest BCUT2D eigenvalue weighted by Crippen LogP contribution is 1.96. The van der Waals surface area contributed by atoms with Gasteiger partial charge in [-0.25, -0.2) is 4.99 Å². The molecule has 0 saturated carbocycles. The predicted molar refractivity (Wildman–Crippen MR) is 75.0 cm³/mol. The lowest BCUT2D eigenvalue weighted by atomic mass is 10.4. The van der Waals surface area contributed by atoms with Gasteiger partial charge in [0, 0.05) is 33.4 Å². The van der Waals surface area contributed by atoms with E-state index in [1.54, 1.807) is 13.4 Å². The summed E-state index contributed by atoms with van der Waals surface area (Å²) in [4.78, 5) is 4.49. The lowest BCUT2D eigenvalue weighted by molar-refractivity contribution is 0.195. The minimum absolute atomic E-state index is 0.521. The molecule has 0 unspecified atom stereocenters. The van der Waals surface area contributed by atoms with E-state index in [4.69, 9.17) is 4.74 Å². The van der Waals surface area contributed by atoms with Crippen LogP contribution in [0, 0.1) is 0 Å². The van der Waals surface area contributed by atoms with Crippen molar-refractivity contribution < 1.29 is 4.74 Å². The first kappa shape index (κ1) is 15.4. The molecule has 1 aromatic heterocycles. The molecule has 0 saturated heterocycles. The zero-order valence-electron chi connectivity index (χ0n) is 12.0. The van der Waals surface area contributed by atoms with Crippen molar-refractivity contribution in [2.75, 3.05) is 26.8 Å². The van der Waals surface area contributed by atoms with Gasteiger partial charge in [0.25, 0.3) is 0 Å². The van der Waals surface area contributed by atoms with Gasteiger partial charge in [-0.1, -0.05) is 0 Å². The highest BCUT2D eigenvalue weighted by Gasteiger charge is 2.02. The van der Waals surface area contributed by atoms with Crippen LogP contribution in [0.25, 0.3) is 0 Å². The zero-order valence-corrected chi connectivity index (χ0v) is 12.0. The molecular weight excluding hydrogens is 244 g/mol. The maximum Gasteiger partial charge on any atom is 0.191 e. The Hall–Kier alpha value is -1.63. The molecule has 7 heteroatoms. The van der Waals surface area contributed by atoms with Crippen molar-refractivity contribution >= 4 is 5.96 Å². The van der Waals surface area contributed by atoms with Gasteiger partial charge in [-0.3, -0.25) is 0 Å². The molecule has 1 aromatic rings. The summed E-state index contributed by atoms with van der Waals surface area (Å²) in [6.45, 7) is 7.89. The average molecular weight is 268 g/mol. The van der Waals surface area contributed by atoms with Gasteiger partial charge in [-0.05, 0) is 20.3 Å². The molecule has 7 nitrogen and oxygen atoms in total. The smallest absolute Gasteiger partial charge is 0.191 e. The van der Waals surface area contributed by atoms with Gasteiger partial charge in [0.05, 0.1) is 0 Å². The lowest BCUT2D eigenvalue weighted by Gasteiger charge is -2.10. The highest BCUT2D eigenvalue weighted by atomic mass is 16.5. The predicted octanol–water partition coefficient (Wildman–Crippen LogP) is 0.390. The fraction of sp³-hybridized carbons (Fsp3) is 0.750. The molecule has 0 amide bonds. The van der Waals surface area contributed by atoms with Gasteiger partial charge >= 0.3 is 0 Å². The van der Waals surface area contributed by atoms with Crippen LogP contribution in [0.2, 0.25) is 0 Å². The molecular formula is C12H24N6O. The van der Waals surface area contributed by atoms with Crippen molar-refractivity contribution in [3.63, 3.8) is 0 Å². The Bertz CT molecular complexity index is 376. The van der Waals surface area contributed by atoms with Crippen LogP contribution >= 0.6 is 0 Å². The van der Waals surface area contributed by atoms with Crippen LogP contribution in [0.1, 0.15) is 26.1 Å². The van der Waals surface area contributed by atoms with Gasteiger partial charge in [0.15, 0.2) is 11.8 Å². The number of nitrogens with one attached hydrogen (secondary N) is 2. The van der Waals surface area contributed by atoms with Crippen molar-refractivity contribution in [3.05, 3.63) is 12.2 Å². The molecule has 0 aliphatic rings. The van der Waals surface area contributed by atoms with E-state index in [2.05, 4.69) is 32.7 Å². The number of aromatic nitrogens is 3. The van der Waals surface area contributed by atoms with E-state index < -0.39 is 0 Å². The SMILES string of the molecule is CCNC(=NCc1nncn1CC)NCCCOC. The van der Waals surface area contributed by atoms with Gasteiger partial charge in [0.1, 0.15) is 12.9 Å². The summed E-state index contributed by atoms with van der Waals surface area (Å²) in [7, 11) is 1.71. The van der Waals surface area contributed by atoms with E-state index in [9.17, 15) is 0 Å². The molecule has 0 bridgehead atoms. The first-order valence-corrected chi connectivity index (χ1v) is 6.69. The Morgan fingerprint density at radius 2 is 2.26 bits per heavy atom. The Morgan fingerprint density at radius 3 is 2.95 bits per heavy atom. The number of hydrogen-bond donors (Lipinski definition) is 2. The van der Waals surface area contributed by atoms with Crippen LogP contribution in [-0.2, 0) is 17.8 Å². The molecule has 0 aromatic carbocycles. The summed E-state index contributed by atoms with van der Waals surface area (Å²) in [6, 6.07) is 0. The van der Waals surface area contributed by atoms with Crippen LogP contribution in [0.3, 0.4) is 0 Å². The maximum atomic E-state index is 5.01. The van der Waals surface area contributed by atoms with E-state index in [1.165, 1.54) is 0 Å². The summed E-state index contributed by atoms with van der Waals surface area (Å²) in [6.07, 6.45) is 2.68. The van der Waals surface area contributed by atoms with Crippen molar-refractivity contribution in [1.82, 2.24) is 25.4 Å². The second-order valence-corrected chi connectivity index (χ2v) is 4.00. The molecule has 0 atom stereocenters. The third-order valence-electron chi connectivity index (χ3n) is 2.58. The minimum atomic E-state index is 0.521. The topological polar surface area (TPSA) is 76.4 Å². The lowest BCUT2D eigenvalue weighted by Crippen LogP contribution is -2.38. The first-order valence-electron chi connectivity index (χ1n) is 6.69. The van der Waals surface area contributed by atoms with Gasteiger partial charge < -0.3 is 19.9 Å². The first-order chi connectivity index (χ1) is 9.31. The second kappa shape index (κ2) is 9.32. The van der Waals surface area contributed by atoms with Crippen LogP contribution in [0.5, 0.6) is 0 Å². The summed E-state index contributed by atoms with van der Waals surface area (Å²) < 4.78 is 7.00. The monoisotopic (exact) mass is 268 g/mol. The highest BCUT2D eigenvalue weighted by molar-refractivity contribution is 5.79. The number of aryl methyl sites for hydroxylation is 1. The molecule has 0 aliphatic carbocycles. The third-order valence-corrected chi connectivity index (χ3v) is 2.58. The van der Waals surface area contributed by atoms with Crippen molar-refractivity contribution in [3.8, 4) is 0 Å². The Labute approximate surface area is 114 Å². The Balaban J connectivity index is 2.47. The number of ether oxygens (including phenoxy) is 1. The number of hydrogen-bond acceptors (Lipinski definition) is 4. The van der Waals surface area contributed by atoms with Gasteiger partial charge in [0.2, 0.25) is 0 Å². The number of guanidine groups is 1. The molecule has 108 valence electrons. The number of methoxy groups -OCH3 is 1. The molecule has 19 heavy (non-hydrogen) atoms. The number of rotatable bonds is 8. The van der Waals surface area contributed by atoms with E-state index in [0.29, 0.717) is 6.54 Å². The van der Waals surface area contributed by atoms with Gasteiger partial charge in [-0.15, -0.1) is 10.2 Å². The van der Waals surface area contributed by atoms with Crippen LogP contribution in [-0.4, -0.2) is 47.5 Å². The number of aliphatic imine (C=N–C) groups is 1. The van der Waals surface area contributed by atoms with Crippen molar-refractivity contribution in [2.24, 2.45) is 4.99 Å². The fourth-order valence-electron chi connectivity index (χ4n) is 1.58. The summed E-state index contributed by atoms with van der Waals surface area (Å²) in [5, 5.41) is 14.4. The molecule has 0 fully saturated rings. The average Bonchev–Trinajstić information content (AvgIpc) is 2.88. The molecule has 1 heterocycles. The van der Waals surface area contributed by atoms with E-state index in [-0.39, 0.29) is 0 Å². The molecule has 0 aliphatic heterocycles. The van der Waals surface area contributed by atoms with Gasteiger partial charge in [-0.2, -0.15) is 0 Å². The third kappa shape index (κ3) is 5.69. The largest absolute Gasteiger partial charge is 0.385 e. The molecule has 2 N–H and O–H groups in total. The van der Waals surface area contributed by atoms with Crippen molar-refractivity contribution in [2.45, 2.75) is 33.4 Å². The van der Waals surface area contributed by atoms with Crippen LogP contribution in [0.15, 0.2) is 11.3 Å². The molecule has 0 spiro atoms. The van der Waals surface area contributed by atoms with E-state index in [0.717, 1.165) is 44.4 Å². The van der Waals surface area contributed by atoms with Crippen LogP contribution < -0.4 is 10.6 Å². The van der Waals surface area contributed by atoms with E-state index >= 15 is 0 Å². The van der Waals surface area contributed by atoms with Crippen molar-refractivity contribution in [1.29, 1.82) is 0 Å². The second-order valence-electron chi connectivity index (χ2n) is 4.00. The van der Waals surface area contributed by atoms with Crippen LogP contribution in [0.4, 0.5) is 0 Å². The summed E-state index contributed by atoms with van der Waals surface area (Å²) in [5.41, 5.74) is 0. The zero-order chi connectivity index (χ0) is 13.9. The maximum absolute atomic E-state index is 5.01. The molecule has 0 radical (unpaired) electrons. The molecule has 1 rings (SSSR count). The quantitative estimate of drug-likeness (QED) is 0.405.